The SMILES string of the molecule is Cc1cc(C)cc(C2(C(=O)NCC(C)(C)c3ccc4c(c3)OCO4)CC2)c1. The molecule has 1 aliphatic carbocycles. The number of carbonyl (C=O) groups excluding carboxylic acids is 1. The molecule has 2 aromatic carbocycles. The average Bonchev–Trinajstić information content (AvgIpc) is 3.30. The summed E-state index contributed by atoms with van der Waals surface area (Å²) in [6.07, 6.45) is 1.85. The summed E-state index contributed by atoms with van der Waals surface area (Å²) in [5.41, 5.74) is 4.16. The third-order valence-electron chi connectivity index (χ3n) is 5.80. The van der Waals surface area contributed by atoms with Crippen molar-refractivity contribution in [2.45, 2.75) is 51.4 Å². The molecule has 1 N–H and O–H groups in total. The first-order valence-electron chi connectivity index (χ1n) is 9.57. The van der Waals surface area contributed by atoms with Gasteiger partial charge in [0.05, 0.1) is 5.41 Å². The van der Waals surface area contributed by atoms with Gasteiger partial charge in [0, 0.05) is 12.0 Å². The van der Waals surface area contributed by atoms with Gasteiger partial charge in [-0.2, -0.15) is 0 Å². The molecule has 1 aliphatic heterocycles. The van der Waals surface area contributed by atoms with Crippen molar-refractivity contribution in [3.8, 4) is 11.5 Å². The van der Waals surface area contributed by atoms with E-state index < -0.39 is 0 Å². The Balaban J connectivity index is 1.48. The lowest BCUT2D eigenvalue weighted by molar-refractivity contribution is -0.123. The summed E-state index contributed by atoms with van der Waals surface area (Å²) < 4.78 is 10.9. The maximum atomic E-state index is 13.1. The van der Waals surface area contributed by atoms with Crippen LogP contribution in [-0.2, 0) is 15.6 Å². The second kappa shape index (κ2) is 6.29. The smallest absolute Gasteiger partial charge is 0.231 e. The topological polar surface area (TPSA) is 47.6 Å². The zero-order valence-electron chi connectivity index (χ0n) is 16.5. The Morgan fingerprint density at radius 1 is 1.04 bits per heavy atom. The fraction of sp³-hybridized carbons (Fsp3) is 0.435. The fourth-order valence-corrected chi connectivity index (χ4v) is 3.91. The van der Waals surface area contributed by atoms with E-state index in [1.165, 1.54) is 11.1 Å². The van der Waals surface area contributed by atoms with Gasteiger partial charge in [-0.15, -0.1) is 0 Å². The van der Waals surface area contributed by atoms with Gasteiger partial charge in [-0.25, -0.2) is 0 Å². The molecule has 1 saturated carbocycles. The highest BCUT2D eigenvalue weighted by Crippen LogP contribution is 2.49. The predicted molar refractivity (Wildman–Crippen MR) is 105 cm³/mol. The largest absolute Gasteiger partial charge is 0.454 e. The van der Waals surface area contributed by atoms with Crippen molar-refractivity contribution in [3.05, 3.63) is 58.7 Å². The van der Waals surface area contributed by atoms with Crippen molar-refractivity contribution < 1.29 is 14.3 Å². The highest BCUT2D eigenvalue weighted by Gasteiger charge is 2.51. The van der Waals surface area contributed by atoms with Crippen LogP contribution in [0, 0.1) is 13.8 Å². The average molecular weight is 365 g/mol. The molecule has 0 aromatic heterocycles. The summed E-state index contributed by atoms with van der Waals surface area (Å²) in [5, 5.41) is 3.22. The molecular formula is C23H27NO3. The lowest BCUT2D eigenvalue weighted by Gasteiger charge is -2.27. The van der Waals surface area contributed by atoms with Gasteiger partial charge >= 0.3 is 0 Å². The number of benzene rings is 2. The zero-order valence-corrected chi connectivity index (χ0v) is 16.5. The molecule has 0 unspecified atom stereocenters. The summed E-state index contributed by atoms with van der Waals surface area (Å²) in [6, 6.07) is 12.5. The number of hydrogen-bond acceptors (Lipinski definition) is 3. The Bertz CT molecular complexity index is 876. The molecule has 2 aromatic rings. The molecular weight excluding hydrogens is 338 g/mol. The highest BCUT2D eigenvalue weighted by atomic mass is 16.7. The first-order chi connectivity index (χ1) is 12.8. The van der Waals surface area contributed by atoms with Crippen LogP contribution < -0.4 is 14.8 Å². The van der Waals surface area contributed by atoms with Crippen molar-refractivity contribution >= 4 is 5.91 Å². The van der Waals surface area contributed by atoms with E-state index in [1.54, 1.807) is 0 Å². The number of aryl methyl sites for hydroxylation is 2. The summed E-state index contributed by atoms with van der Waals surface area (Å²) in [5.74, 6) is 1.70. The van der Waals surface area contributed by atoms with E-state index >= 15 is 0 Å². The van der Waals surface area contributed by atoms with Crippen LogP contribution in [0.15, 0.2) is 36.4 Å². The Kier molecular flexibility index (Phi) is 4.17. The second-order valence-corrected chi connectivity index (χ2v) is 8.59. The zero-order chi connectivity index (χ0) is 19.2. The summed E-state index contributed by atoms with van der Waals surface area (Å²) in [6.45, 7) is 9.31. The Morgan fingerprint density at radius 2 is 1.70 bits per heavy atom. The van der Waals surface area contributed by atoms with Crippen LogP contribution in [0.1, 0.15) is 48.9 Å². The van der Waals surface area contributed by atoms with E-state index in [0.29, 0.717) is 6.54 Å². The van der Waals surface area contributed by atoms with E-state index in [2.05, 4.69) is 57.3 Å². The number of fused-ring (bicyclic) bond motifs is 1. The van der Waals surface area contributed by atoms with Crippen molar-refractivity contribution in [2.75, 3.05) is 13.3 Å². The first kappa shape index (κ1) is 17.9. The number of carbonyl (C=O) groups is 1. The molecule has 2 aliphatic rings. The van der Waals surface area contributed by atoms with Crippen molar-refractivity contribution in [1.29, 1.82) is 0 Å². The lowest BCUT2D eigenvalue weighted by atomic mass is 9.84. The van der Waals surface area contributed by atoms with Crippen LogP contribution in [-0.4, -0.2) is 19.2 Å². The molecule has 1 amide bonds. The Morgan fingerprint density at radius 3 is 2.37 bits per heavy atom. The minimum atomic E-state index is -0.345. The molecule has 1 heterocycles. The molecule has 0 bridgehead atoms. The van der Waals surface area contributed by atoms with E-state index in [0.717, 1.165) is 35.5 Å². The predicted octanol–water partition coefficient (Wildman–Crippen LogP) is 4.16. The van der Waals surface area contributed by atoms with Gasteiger partial charge in [-0.05, 0) is 49.9 Å². The maximum absolute atomic E-state index is 13.1. The molecule has 4 nitrogen and oxygen atoms in total. The van der Waals surface area contributed by atoms with E-state index in [-0.39, 0.29) is 23.5 Å². The highest BCUT2D eigenvalue weighted by molar-refractivity contribution is 5.91. The summed E-state index contributed by atoms with van der Waals surface area (Å²) >= 11 is 0. The molecule has 1 fully saturated rings. The molecule has 0 atom stereocenters. The molecule has 27 heavy (non-hydrogen) atoms. The second-order valence-electron chi connectivity index (χ2n) is 8.59. The van der Waals surface area contributed by atoms with Gasteiger partial charge in [-0.1, -0.05) is 49.2 Å². The molecule has 0 radical (unpaired) electrons. The third kappa shape index (κ3) is 3.29. The van der Waals surface area contributed by atoms with Crippen molar-refractivity contribution in [1.82, 2.24) is 5.32 Å². The van der Waals surface area contributed by atoms with E-state index in [1.807, 2.05) is 12.1 Å². The normalized spacial score (nSPS) is 16.9. The minimum Gasteiger partial charge on any atom is -0.454 e. The molecule has 0 saturated heterocycles. The van der Waals surface area contributed by atoms with Crippen LogP contribution in [0.4, 0.5) is 0 Å². The quantitative estimate of drug-likeness (QED) is 0.866. The van der Waals surface area contributed by atoms with Gasteiger partial charge in [0.2, 0.25) is 12.7 Å². The molecule has 4 heteroatoms. The van der Waals surface area contributed by atoms with Gasteiger partial charge in [0.25, 0.3) is 0 Å². The van der Waals surface area contributed by atoms with E-state index in [4.69, 9.17) is 9.47 Å². The van der Waals surface area contributed by atoms with Crippen LogP contribution in [0.25, 0.3) is 0 Å². The van der Waals surface area contributed by atoms with E-state index in [9.17, 15) is 4.79 Å². The van der Waals surface area contributed by atoms with Gasteiger partial charge in [-0.3, -0.25) is 4.79 Å². The van der Waals surface area contributed by atoms with Crippen LogP contribution in [0.3, 0.4) is 0 Å². The van der Waals surface area contributed by atoms with Gasteiger partial charge in [0.15, 0.2) is 11.5 Å². The fourth-order valence-electron chi connectivity index (χ4n) is 3.91. The monoisotopic (exact) mass is 365 g/mol. The number of rotatable bonds is 5. The van der Waals surface area contributed by atoms with Crippen LogP contribution in [0.5, 0.6) is 11.5 Å². The van der Waals surface area contributed by atoms with Crippen LogP contribution >= 0.6 is 0 Å². The third-order valence-corrected chi connectivity index (χ3v) is 5.80. The summed E-state index contributed by atoms with van der Waals surface area (Å²) in [4.78, 5) is 13.1. The molecule has 142 valence electrons. The first-order valence-corrected chi connectivity index (χ1v) is 9.57. The number of ether oxygens (including phenoxy) is 2. The van der Waals surface area contributed by atoms with Crippen LogP contribution in [0.2, 0.25) is 0 Å². The number of amides is 1. The maximum Gasteiger partial charge on any atom is 0.231 e. The Labute approximate surface area is 160 Å². The lowest BCUT2D eigenvalue weighted by Crippen LogP contribution is -2.42. The standard InChI is InChI=1S/C23H27NO3/c1-15-9-16(2)11-18(10-15)23(7-8-23)21(25)24-13-22(3,4)17-5-6-19-20(12-17)27-14-26-19/h5-6,9-12H,7-8,13-14H2,1-4H3,(H,24,25). The number of nitrogens with one attached hydrogen (secondary N) is 1. The number of hydrogen-bond donors (Lipinski definition) is 1. The molecule has 0 spiro atoms. The Hall–Kier alpha value is -2.49. The van der Waals surface area contributed by atoms with Crippen molar-refractivity contribution in [2.24, 2.45) is 0 Å². The summed E-state index contributed by atoms with van der Waals surface area (Å²) in [7, 11) is 0. The van der Waals surface area contributed by atoms with Gasteiger partial charge in [0.1, 0.15) is 0 Å². The minimum absolute atomic E-state index is 0.140. The molecule has 4 rings (SSSR count). The van der Waals surface area contributed by atoms with Crippen molar-refractivity contribution in [3.63, 3.8) is 0 Å². The van der Waals surface area contributed by atoms with Gasteiger partial charge < -0.3 is 14.8 Å².